The number of nitrogens with zero attached hydrogens (tertiary/aromatic N) is 6. The normalized spacial score (nSPS) is 15.1. The van der Waals surface area contributed by atoms with E-state index in [1.54, 1.807) is 56.9 Å². The number of hydrogen-bond donors (Lipinski definition) is 0. The van der Waals surface area contributed by atoms with Gasteiger partial charge in [0.1, 0.15) is 9.79 Å². The first-order valence-electron chi connectivity index (χ1n) is 20.2. The van der Waals surface area contributed by atoms with Crippen LogP contribution in [0.3, 0.4) is 0 Å². The molecule has 0 aliphatic carbocycles. The van der Waals surface area contributed by atoms with Gasteiger partial charge in [-0.2, -0.15) is 8.61 Å². The molecular formula is C44H46Cl4N6O7S4. The summed E-state index contributed by atoms with van der Waals surface area (Å²) in [6, 6.07) is 17.3. The van der Waals surface area contributed by atoms with Gasteiger partial charge in [0, 0.05) is 74.2 Å². The van der Waals surface area contributed by atoms with Crippen molar-refractivity contribution in [3.05, 3.63) is 108 Å². The van der Waals surface area contributed by atoms with Gasteiger partial charge < -0.3 is 24.0 Å². The summed E-state index contributed by atoms with van der Waals surface area (Å²) >= 11 is 27.4. The largest absolute Gasteiger partial charge is 0.493 e. The zero-order valence-corrected chi connectivity index (χ0v) is 42.6. The van der Waals surface area contributed by atoms with E-state index in [0.717, 1.165) is 27.2 Å². The topological polar surface area (TPSA) is 135 Å². The maximum absolute atomic E-state index is 13.1. The Morgan fingerprint density at radius 3 is 1.40 bits per heavy atom. The average Bonchev–Trinajstić information content (AvgIpc) is 3.99. The molecule has 6 aromatic rings. The summed E-state index contributed by atoms with van der Waals surface area (Å²) in [6.45, 7) is 9.80. The molecule has 0 saturated carbocycles. The molecule has 13 nitrogen and oxygen atoms in total. The van der Waals surface area contributed by atoms with E-state index in [9.17, 15) is 16.8 Å². The first-order valence-corrected chi connectivity index (χ1v) is 26.3. The fraction of sp³-hybridized carbons (Fsp3) is 0.318. The van der Waals surface area contributed by atoms with E-state index in [2.05, 4.69) is 48.1 Å². The van der Waals surface area contributed by atoms with Crippen molar-refractivity contribution in [3.63, 3.8) is 0 Å². The van der Waals surface area contributed by atoms with E-state index in [-0.39, 0.29) is 29.9 Å². The quantitative estimate of drug-likeness (QED) is 0.123. The highest BCUT2D eigenvalue weighted by molar-refractivity contribution is 7.89. The summed E-state index contributed by atoms with van der Waals surface area (Å²) in [7, 11) is -2.76. The number of halogens is 4. The van der Waals surface area contributed by atoms with Crippen LogP contribution in [0.2, 0.25) is 20.1 Å². The summed E-state index contributed by atoms with van der Waals surface area (Å²) in [5.74, 6) is 1.61. The lowest BCUT2D eigenvalue weighted by atomic mass is 9.98. The van der Waals surface area contributed by atoms with Crippen LogP contribution in [0.25, 0.3) is 22.5 Å². The van der Waals surface area contributed by atoms with Gasteiger partial charge in [-0.05, 0) is 68.3 Å². The predicted octanol–water partition coefficient (Wildman–Crippen LogP) is 10.2. The predicted molar refractivity (Wildman–Crippen MR) is 264 cm³/mol. The molecule has 2 saturated heterocycles. The van der Waals surface area contributed by atoms with E-state index in [1.165, 1.54) is 54.3 Å². The Kier molecular flexibility index (Phi) is 15.5. The Hall–Kier alpha value is -3.88. The SMILES string of the molecule is COc1cc(-c2csc(N3CCN(S(=O)(=O)c4cccc(Cl)c4Cl)CC3)n2)cc(OC)c1OC.Cc1cc(C)c(-c2csc(N3CCN(S(=O)(=O)c4cccc(Cl)c4Cl)CC3)n2)c(C)c1. The van der Waals surface area contributed by atoms with Gasteiger partial charge >= 0.3 is 0 Å². The highest BCUT2D eigenvalue weighted by Crippen LogP contribution is 2.42. The van der Waals surface area contributed by atoms with Crippen LogP contribution in [-0.2, 0) is 20.0 Å². The molecule has 0 amide bonds. The van der Waals surface area contributed by atoms with Gasteiger partial charge in [-0.1, -0.05) is 76.2 Å². The second-order valence-electron chi connectivity index (χ2n) is 15.1. The Labute approximate surface area is 408 Å². The Balaban J connectivity index is 0.000000195. The van der Waals surface area contributed by atoms with Crippen molar-refractivity contribution in [2.24, 2.45) is 0 Å². The van der Waals surface area contributed by atoms with Gasteiger partial charge in [0.25, 0.3) is 0 Å². The summed E-state index contributed by atoms with van der Waals surface area (Å²) < 4.78 is 71.4. The molecular weight excluding hydrogens is 995 g/mol. The Bertz CT molecular complexity index is 2870. The minimum atomic E-state index is -3.75. The van der Waals surface area contributed by atoms with Crippen LogP contribution < -0.4 is 24.0 Å². The third-order valence-corrected chi connectivity index (χ3v) is 18.5. The van der Waals surface area contributed by atoms with Crippen molar-refractivity contribution >= 4 is 99.4 Å². The van der Waals surface area contributed by atoms with Crippen molar-refractivity contribution in [1.29, 1.82) is 0 Å². The summed E-state index contributed by atoms with van der Waals surface area (Å²) in [5.41, 5.74) is 7.40. The van der Waals surface area contributed by atoms with E-state index in [0.29, 0.717) is 69.6 Å². The van der Waals surface area contributed by atoms with Gasteiger partial charge in [0.15, 0.2) is 21.8 Å². The number of rotatable bonds is 11. The summed E-state index contributed by atoms with van der Waals surface area (Å²) in [6.07, 6.45) is 0. The molecule has 2 fully saturated rings. The molecule has 0 radical (unpaired) electrons. The van der Waals surface area contributed by atoms with Crippen LogP contribution in [0.15, 0.2) is 81.2 Å². The van der Waals surface area contributed by atoms with Crippen LogP contribution in [0.5, 0.6) is 17.2 Å². The second kappa shape index (κ2) is 20.6. The Morgan fingerprint density at radius 2 is 0.985 bits per heavy atom. The molecule has 2 aliphatic rings. The van der Waals surface area contributed by atoms with Crippen molar-refractivity contribution in [2.45, 2.75) is 30.6 Å². The number of aryl methyl sites for hydroxylation is 3. The summed E-state index contributed by atoms with van der Waals surface area (Å²) in [4.78, 5) is 13.9. The molecule has 8 rings (SSSR count). The Morgan fingerprint density at radius 1 is 0.569 bits per heavy atom. The van der Waals surface area contributed by atoms with Gasteiger partial charge in [0.05, 0.1) is 52.8 Å². The average molecular weight is 1040 g/mol. The molecule has 2 aliphatic heterocycles. The third-order valence-electron chi connectivity index (χ3n) is 11.0. The maximum atomic E-state index is 13.1. The molecule has 65 heavy (non-hydrogen) atoms. The van der Waals surface area contributed by atoms with E-state index >= 15 is 0 Å². The van der Waals surface area contributed by atoms with Crippen molar-refractivity contribution in [1.82, 2.24) is 18.6 Å². The van der Waals surface area contributed by atoms with Crippen LogP contribution in [0.4, 0.5) is 10.3 Å². The lowest BCUT2D eigenvalue weighted by Crippen LogP contribution is -2.48. The molecule has 4 heterocycles. The molecule has 0 bridgehead atoms. The fourth-order valence-electron chi connectivity index (χ4n) is 7.76. The number of hydrogen-bond acceptors (Lipinski definition) is 13. The molecule has 2 aromatic heterocycles. The summed E-state index contributed by atoms with van der Waals surface area (Å²) in [5, 5.41) is 6.30. The zero-order valence-electron chi connectivity index (χ0n) is 36.3. The number of methoxy groups -OCH3 is 3. The molecule has 4 aromatic carbocycles. The lowest BCUT2D eigenvalue weighted by molar-refractivity contribution is 0.324. The number of aromatic nitrogens is 2. The van der Waals surface area contributed by atoms with Crippen molar-refractivity contribution in [2.75, 3.05) is 83.5 Å². The number of benzene rings is 4. The molecule has 0 unspecified atom stereocenters. The van der Waals surface area contributed by atoms with Crippen LogP contribution >= 0.6 is 69.1 Å². The zero-order chi connectivity index (χ0) is 46.8. The number of thiazole rings is 2. The van der Waals surface area contributed by atoms with Gasteiger partial charge in [-0.25, -0.2) is 26.8 Å². The number of ether oxygens (including phenoxy) is 3. The molecule has 0 atom stereocenters. The molecule has 346 valence electrons. The first kappa shape index (κ1) is 49.0. The second-order valence-corrected chi connectivity index (χ2v) is 22.2. The molecule has 0 spiro atoms. The highest BCUT2D eigenvalue weighted by atomic mass is 35.5. The highest BCUT2D eigenvalue weighted by Gasteiger charge is 2.33. The molecule has 0 N–H and O–H groups in total. The monoisotopic (exact) mass is 1040 g/mol. The van der Waals surface area contributed by atoms with Crippen molar-refractivity contribution in [3.8, 4) is 39.8 Å². The number of anilines is 2. The van der Waals surface area contributed by atoms with Gasteiger partial charge in [-0.15, -0.1) is 22.7 Å². The smallest absolute Gasteiger partial charge is 0.244 e. The molecule has 21 heteroatoms. The van der Waals surface area contributed by atoms with Gasteiger partial charge in [0.2, 0.25) is 25.8 Å². The van der Waals surface area contributed by atoms with E-state index in [1.807, 2.05) is 17.5 Å². The van der Waals surface area contributed by atoms with Crippen LogP contribution in [0, 0.1) is 20.8 Å². The first-order chi connectivity index (χ1) is 31.0. The lowest BCUT2D eigenvalue weighted by Gasteiger charge is -2.34. The van der Waals surface area contributed by atoms with Gasteiger partial charge in [-0.3, -0.25) is 0 Å². The maximum Gasteiger partial charge on any atom is 0.244 e. The number of piperazine rings is 2. The third kappa shape index (κ3) is 10.3. The van der Waals surface area contributed by atoms with E-state index < -0.39 is 20.0 Å². The standard InChI is InChI=1S/C22H23Cl2N3O5S2.C22H23Cl2N3O2S2/c1-30-17-11-14(12-18(31-2)21(17)32-3)16-13-33-22(25-16)26-7-9-27(10-8-26)34(28,29)19-6-4-5-15(23)20(19)24;1-14-11-15(2)20(16(3)12-14)18-13-30-22(25-18)26-7-9-27(10-8-26)31(28,29)19-6-4-5-17(23)21(19)24/h4-6,11-13H,7-10H2,1-3H3;4-6,11-13H,7-10H2,1-3H3. The van der Waals surface area contributed by atoms with Crippen LogP contribution in [0.1, 0.15) is 16.7 Å². The van der Waals surface area contributed by atoms with Crippen LogP contribution in [-0.4, -0.2) is 109 Å². The minimum absolute atomic E-state index is 0.0223. The minimum Gasteiger partial charge on any atom is -0.493 e. The van der Waals surface area contributed by atoms with Crippen molar-refractivity contribution < 1.29 is 31.0 Å². The number of sulfonamides is 2. The van der Waals surface area contributed by atoms with E-state index in [4.69, 9.17) is 70.6 Å². The fourth-order valence-corrected chi connectivity index (χ4v) is 13.8.